The molecule has 2 aromatic carbocycles. The fourth-order valence-electron chi connectivity index (χ4n) is 2.47. The Labute approximate surface area is 155 Å². The molecule has 2 aromatic rings. The van der Waals surface area contributed by atoms with Gasteiger partial charge in [0.25, 0.3) is 10.0 Å². The average molecular weight is 391 g/mol. The van der Waals surface area contributed by atoms with Crippen molar-refractivity contribution in [1.82, 2.24) is 5.32 Å². The predicted molar refractivity (Wildman–Crippen MR) is 101 cm³/mol. The summed E-state index contributed by atoms with van der Waals surface area (Å²) in [6, 6.07) is 12.8. The Balaban J connectivity index is 1.77. The van der Waals surface area contributed by atoms with Crippen LogP contribution < -0.4 is 15.4 Å². The van der Waals surface area contributed by atoms with Crippen LogP contribution in [-0.2, 0) is 19.6 Å². The Morgan fingerprint density at radius 3 is 2.50 bits per heavy atom. The fourth-order valence-corrected chi connectivity index (χ4v) is 4.47. The van der Waals surface area contributed by atoms with Crippen LogP contribution >= 0.6 is 11.8 Å². The van der Waals surface area contributed by atoms with Gasteiger partial charge in [0.05, 0.1) is 10.6 Å². The van der Waals surface area contributed by atoms with Gasteiger partial charge >= 0.3 is 0 Å². The summed E-state index contributed by atoms with van der Waals surface area (Å²) in [5.74, 6) is 0.124. The lowest BCUT2D eigenvalue weighted by Crippen LogP contribution is -2.19. The number of sulfonamides is 1. The molecule has 0 aromatic heterocycles. The Morgan fingerprint density at radius 2 is 1.88 bits per heavy atom. The van der Waals surface area contributed by atoms with E-state index in [2.05, 4.69) is 15.4 Å². The van der Waals surface area contributed by atoms with E-state index in [0.29, 0.717) is 17.1 Å². The van der Waals surface area contributed by atoms with Crippen molar-refractivity contribution >= 4 is 45.0 Å². The van der Waals surface area contributed by atoms with E-state index in [9.17, 15) is 18.0 Å². The highest BCUT2D eigenvalue weighted by Crippen LogP contribution is 2.32. The Kier molecular flexibility index (Phi) is 5.19. The summed E-state index contributed by atoms with van der Waals surface area (Å²) in [6.45, 7) is 1.38. The molecule has 0 saturated carbocycles. The van der Waals surface area contributed by atoms with E-state index >= 15 is 0 Å². The first-order valence-corrected chi connectivity index (χ1v) is 10.3. The van der Waals surface area contributed by atoms with Gasteiger partial charge in [-0.15, -0.1) is 11.8 Å². The second-order valence-corrected chi connectivity index (χ2v) is 8.47. The summed E-state index contributed by atoms with van der Waals surface area (Å²) in [7, 11) is -3.77. The van der Waals surface area contributed by atoms with Gasteiger partial charge < -0.3 is 10.6 Å². The molecule has 136 valence electrons. The summed E-state index contributed by atoms with van der Waals surface area (Å²) in [5.41, 5.74) is 1.75. The highest BCUT2D eigenvalue weighted by Gasteiger charge is 2.23. The molecular weight excluding hydrogens is 374 g/mol. The highest BCUT2D eigenvalue weighted by molar-refractivity contribution is 8.00. The molecule has 26 heavy (non-hydrogen) atoms. The number of hydrogen-bond donors (Lipinski definition) is 3. The lowest BCUT2D eigenvalue weighted by molar-refractivity contribution is -0.118. The van der Waals surface area contributed by atoms with Gasteiger partial charge in [0.2, 0.25) is 11.8 Å². The van der Waals surface area contributed by atoms with Gasteiger partial charge in [0, 0.05) is 18.3 Å². The van der Waals surface area contributed by atoms with Crippen molar-refractivity contribution in [2.24, 2.45) is 0 Å². The molecule has 1 aliphatic rings. The Morgan fingerprint density at radius 1 is 1.15 bits per heavy atom. The van der Waals surface area contributed by atoms with Crippen LogP contribution in [0.5, 0.6) is 0 Å². The van der Waals surface area contributed by atoms with Crippen LogP contribution in [0.3, 0.4) is 0 Å². The lowest BCUT2D eigenvalue weighted by Gasteiger charge is -2.13. The highest BCUT2D eigenvalue weighted by atomic mass is 32.2. The van der Waals surface area contributed by atoms with Gasteiger partial charge in [-0.3, -0.25) is 14.3 Å². The molecule has 0 spiro atoms. The summed E-state index contributed by atoms with van der Waals surface area (Å²) in [5, 5.41) is 5.23. The van der Waals surface area contributed by atoms with Crippen molar-refractivity contribution in [3.63, 3.8) is 0 Å². The van der Waals surface area contributed by atoms with E-state index in [4.69, 9.17) is 0 Å². The maximum Gasteiger partial charge on any atom is 0.261 e. The number of benzene rings is 2. The number of nitrogens with one attached hydrogen (secondary N) is 3. The van der Waals surface area contributed by atoms with Crippen molar-refractivity contribution in [3.05, 3.63) is 54.1 Å². The molecule has 0 aliphatic carbocycles. The third-order valence-corrected chi connectivity index (χ3v) is 6.15. The van der Waals surface area contributed by atoms with Crippen LogP contribution in [0, 0.1) is 0 Å². The second-order valence-electron chi connectivity index (χ2n) is 5.70. The fraction of sp³-hybridized carbons (Fsp3) is 0.176. The summed E-state index contributed by atoms with van der Waals surface area (Å²) >= 11 is 1.46. The predicted octanol–water partition coefficient (Wildman–Crippen LogP) is 2.31. The molecule has 2 amide bonds. The molecule has 0 radical (unpaired) electrons. The monoisotopic (exact) mass is 391 g/mol. The lowest BCUT2D eigenvalue weighted by atomic mass is 10.2. The van der Waals surface area contributed by atoms with Crippen LogP contribution in [0.2, 0.25) is 0 Å². The topological polar surface area (TPSA) is 104 Å². The zero-order valence-electron chi connectivity index (χ0n) is 13.9. The van der Waals surface area contributed by atoms with E-state index in [-0.39, 0.29) is 22.1 Å². The average Bonchev–Trinajstić information content (AvgIpc) is 3.01. The summed E-state index contributed by atoms with van der Waals surface area (Å²) in [6.07, 6.45) is 0. The van der Waals surface area contributed by atoms with E-state index in [0.717, 1.165) is 5.56 Å². The van der Waals surface area contributed by atoms with Crippen molar-refractivity contribution in [2.75, 3.05) is 15.8 Å². The quantitative estimate of drug-likeness (QED) is 0.726. The molecule has 0 bridgehead atoms. The molecule has 7 nitrogen and oxygen atoms in total. The number of amides is 2. The first-order chi connectivity index (χ1) is 12.3. The van der Waals surface area contributed by atoms with Crippen molar-refractivity contribution < 1.29 is 18.0 Å². The minimum absolute atomic E-state index is 0.0368. The first kappa shape index (κ1) is 18.3. The van der Waals surface area contributed by atoms with Crippen LogP contribution in [-0.4, -0.2) is 26.0 Å². The molecule has 1 aliphatic heterocycles. The van der Waals surface area contributed by atoms with E-state index in [1.54, 1.807) is 18.2 Å². The molecule has 0 unspecified atom stereocenters. The van der Waals surface area contributed by atoms with Gasteiger partial charge in [-0.2, -0.15) is 0 Å². The number of carbonyl (C=O) groups is 2. The molecule has 9 heteroatoms. The van der Waals surface area contributed by atoms with Gasteiger partial charge in [-0.25, -0.2) is 8.42 Å². The first-order valence-electron chi connectivity index (χ1n) is 7.75. The third-order valence-electron chi connectivity index (χ3n) is 3.60. The zero-order chi connectivity index (χ0) is 18.7. The van der Waals surface area contributed by atoms with Gasteiger partial charge in [0.1, 0.15) is 5.37 Å². The molecule has 3 rings (SSSR count). The summed E-state index contributed by atoms with van der Waals surface area (Å²) in [4.78, 5) is 22.5. The third kappa shape index (κ3) is 4.36. The second kappa shape index (κ2) is 7.38. The van der Waals surface area contributed by atoms with Crippen LogP contribution in [0.15, 0.2) is 53.4 Å². The number of rotatable bonds is 5. The minimum atomic E-state index is -3.77. The molecule has 1 heterocycles. The van der Waals surface area contributed by atoms with Crippen LogP contribution in [0.25, 0.3) is 0 Å². The molecule has 3 N–H and O–H groups in total. The van der Waals surface area contributed by atoms with Crippen LogP contribution in [0.4, 0.5) is 11.4 Å². The molecule has 1 fully saturated rings. The number of anilines is 2. The van der Waals surface area contributed by atoms with Gasteiger partial charge in [0.15, 0.2) is 0 Å². The van der Waals surface area contributed by atoms with Gasteiger partial charge in [-0.1, -0.05) is 12.1 Å². The van der Waals surface area contributed by atoms with Crippen molar-refractivity contribution in [3.8, 4) is 0 Å². The normalized spacial score (nSPS) is 16.8. The van der Waals surface area contributed by atoms with E-state index < -0.39 is 10.0 Å². The number of carbonyl (C=O) groups excluding carboxylic acids is 2. The Hall–Kier alpha value is -2.52. The largest absolute Gasteiger partial charge is 0.339 e. The van der Waals surface area contributed by atoms with Crippen molar-refractivity contribution in [1.29, 1.82) is 0 Å². The number of hydrogen-bond acceptors (Lipinski definition) is 5. The minimum Gasteiger partial charge on any atom is -0.339 e. The van der Waals surface area contributed by atoms with Crippen LogP contribution in [0.1, 0.15) is 17.9 Å². The maximum absolute atomic E-state index is 12.5. The molecule has 1 saturated heterocycles. The molecule has 1 atom stereocenters. The maximum atomic E-state index is 12.5. The van der Waals surface area contributed by atoms with Gasteiger partial charge in [-0.05, 0) is 42.0 Å². The SMILES string of the molecule is CC(=O)Nc1ccc(S(=O)(=O)Nc2cccc([C@@H]3NC(=O)CS3)c2)cc1. The van der Waals surface area contributed by atoms with Crippen molar-refractivity contribution in [2.45, 2.75) is 17.2 Å². The number of thioether (sulfide) groups is 1. The summed E-state index contributed by atoms with van der Waals surface area (Å²) < 4.78 is 27.6. The van der Waals surface area contributed by atoms with E-state index in [1.807, 2.05) is 6.07 Å². The van der Waals surface area contributed by atoms with E-state index in [1.165, 1.54) is 43.0 Å². The molecular formula is C17H17N3O4S2. The standard InChI is InChI=1S/C17H17N3O4S2/c1-11(21)18-13-5-7-15(8-6-13)26(23,24)20-14-4-2-3-12(9-14)17-19-16(22)10-25-17/h2-9,17,20H,10H2,1H3,(H,18,21)(H,19,22)/t17-/m1/s1. The Bertz CT molecular complexity index is 943. The smallest absolute Gasteiger partial charge is 0.261 e. The zero-order valence-corrected chi connectivity index (χ0v) is 15.5.